The number of rotatable bonds is 6. The predicted molar refractivity (Wildman–Crippen MR) is 113 cm³/mol. The molecule has 1 saturated carbocycles. The van der Waals surface area contributed by atoms with Crippen LogP contribution in [0.1, 0.15) is 64.7 Å². The van der Waals surface area contributed by atoms with Crippen molar-refractivity contribution < 1.29 is 0 Å². The Labute approximate surface area is 159 Å². The molecule has 0 spiro atoms. The molecule has 1 aliphatic carbocycles. The lowest BCUT2D eigenvalue weighted by Gasteiger charge is -2.43. The van der Waals surface area contributed by atoms with Crippen LogP contribution in [0.2, 0.25) is 18.1 Å². The Morgan fingerprint density at radius 1 is 0.875 bits per heavy atom. The smallest absolute Gasteiger partial charge is 0.0867 e. The minimum atomic E-state index is -1.22. The minimum Gasteiger partial charge on any atom is -0.0891 e. The van der Waals surface area contributed by atoms with Crippen LogP contribution in [-0.2, 0) is 0 Å². The third-order valence-electron chi connectivity index (χ3n) is 7.00. The van der Waals surface area contributed by atoms with E-state index in [9.17, 15) is 0 Å². The van der Waals surface area contributed by atoms with E-state index in [4.69, 9.17) is 0 Å². The summed E-state index contributed by atoms with van der Waals surface area (Å²) in [6, 6.07) is 16.4. The van der Waals surface area contributed by atoms with E-state index < -0.39 is 8.07 Å². The molecule has 0 nitrogen and oxygen atoms in total. The molecule has 2 fully saturated rings. The highest BCUT2D eigenvalue weighted by atomic mass is 79.9. The van der Waals surface area contributed by atoms with Crippen molar-refractivity contribution in [1.82, 2.24) is 0 Å². The first-order chi connectivity index (χ1) is 11.7. The van der Waals surface area contributed by atoms with E-state index >= 15 is 0 Å². The Hall–Kier alpha value is -0.0831. The average molecular weight is 408 g/mol. The molecule has 0 aromatic heterocycles. The standard InChI is InChI=1S/C22H35BrSi/c1-2-3-7-16-24(22-8-5-4-6-9-22)17-14-20(15-18-24)19-10-12-21(23)13-11-19/h4-6,8-9,19-21H,2-3,7,10-18H2,1H3. The van der Waals surface area contributed by atoms with Gasteiger partial charge in [0.05, 0.1) is 8.07 Å². The Morgan fingerprint density at radius 2 is 1.50 bits per heavy atom. The summed E-state index contributed by atoms with van der Waals surface area (Å²) in [5.74, 6) is 2.08. The van der Waals surface area contributed by atoms with Gasteiger partial charge in [-0.15, -0.1) is 0 Å². The summed E-state index contributed by atoms with van der Waals surface area (Å²) >= 11 is 3.83. The molecular weight excluding hydrogens is 372 g/mol. The molecule has 0 radical (unpaired) electrons. The van der Waals surface area contributed by atoms with E-state index in [2.05, 4.69) is 53.2 Å². The molecule has 1 saturated heterocycles. The fourth-order valence-electron chi connectivity index (χ4n) is 5.40. The number of halogens is 1. The molecular formula is C22H35BrSi. The number of hydrogen-bond acceptors (Lipinski definition) is 0. The number of benzene rings is 1. The highest BCUT2D eigenvalue weighted by Gasteiger charge is 2.40. The highest BCUT2D eigenvalue weighted by molar-refractivity contribution is 9.09. The molecule has 0 bridgehead atoms. The molecule has 1 heterocycles. The zero-order valence-corrected chi connectivity index (χ0v) is 18.1. The third-order valence-corrected chi connectivity index (χ3v) is 13.3. The van der Waals surface area contributed by atoms with Crippen LogP contribution in [0, 0.1) is 11.8 Å². The van der Waals surface area contributed by atoms with Crippen LogP contribution in [0.4, 0.5) is 0 Å². The van der Waals surface area contributed by atoms with Crippen molar-refractivity contribution in [2.24, 2.45) is 11.8 Å². The molecule has 24 heavy (non-hydrogen) atoms. The van der Waals surface area contributed by atoms with Gasteiger partial charge in [0.15, 0.2) is 0 Å². The van der Waals surface area contributed by atoms with Crippen LogP contribution < -0.4 is 5.19 Å². The van der Waals surface area contributed by atoms with Gasteiger partial charge in [-0.1, -0.05) is 109 Å². The maximum Gasteiger partial charge on any atom is 0.0867 e. The van der Waals surface area contributed by atoms with Gasteiger partial charge in [-0.25, -0.2) is 0 Å². The molecule has 134 valence electrons. The van der Waals surface area contributed by atoms with Crippen LogP contribution in [0.15, 0.2) is 30.3 Å². The third kappa shape index (κ3) is 4.55. The molecule has 1 aliphatic heterocycles. The van der Waals surface area contributed by atoms with Crippen molar-refractivity contribution in [2.75, 3.05) is 0 Å². The highest BCUT2D eigenvalue weighted by Crippen LogP contribution is 2.44. The second-order valence-electron chi connectivity index (χ2n) is 8.45. The minimum absolute atomic E-state index is 0.809. The zero-order valence-electron chi connectivity index (χ0n) is 15.5. The summed E-state index contributed by atoms with van der Waals surface area (Å²) in [5, 5.41) is 1.77. The van der Waals surface area contributed by atoms with Gasteiger partial charge in [0.1, 0.15) is 0 Å². The second kappa shape index (κ2) is 9.03. The first-order valence-corrected chi connectivity index (χ1v) is 14.0. The van der Waals surface area contributed by atoms with Crippen molar-refractivity contribution in [3.05, 3.63) is 30.3 Å². The Kier molecular flexibility index (Phi) is 7.04. The summed E-state index contributed by atoms with van der Waals surface area (Å²) in [6.45, 7) is 2.34. The second-order valence-corrected chi connectivity index (χ2v) is 14.4. The van der Waals surface area contributed by atoms with Gasteiger partial charge < -0.3 is 0 Å². The van der Waals surface area contributed by atoms with E-state index in [-0.39, 0.29) is 0 Å². The van der Waals surface area contributed by atoms with Crippen LogP contribution >= 0.6 is 15.9 Å². The normalized spacial score (nSPS) is 34.2. The van der Waals surface area contributed by atoms with E-state index in [1.165, 1.54) is 57.8 Å². The monoisotopic (exact) mass is 406 g/mol. The topological polar surface area (TPSA) is 0 Å². The molecule has 1 aromatic rings. The zero-order chi connectivity index (χ0) is 16.8. The Morgan fingerprint density at radius 3 is 2.12 bits per heavy atom. The molecule has 2 aliphatic rings. The summed E-state index contributed by atoms with van der Waals surface area (Å²) in [6.07, 6.45) is 13.1. The lowest BCUT2D eigenvalue weighted by Crippen LogP contribution is -2.50. The summed E-state index contributed by atoms with van der Waals surface area (Å²) < 4.78 is 0. The molecule has 3 rings (SSSR count). The van der Waals surface area contributed by atoms with E-state index in [1.54, 1.807) is 23.3 Å². The van der Waals surface area contributed by atoms with Gasteiger partial charge in [0, 0.05) is 4.83 Å². The first-order valence-electron chi connectivity index (χ1n) is 10.4. The van der Waals surface area contributed by atoms with E-state index in [0.29, 0.717) is 0 Å². The Bertz CT molecular complexity index is 470. The van der Waals surface area contributed by atoms with Crippen molar-refractivity contribution in [3.8, 4) is 0 Å². The molecule has 0 N–H and O–H groups in total. The molecule has 1 aromatic carbocycles. The summed E-state index contributed by atoms with van der Waals surface area (Å²) in [7, 11) is -1.22. The number of unbranched alkanes of at least 4 members (excludes halogenated alkanes) is 2. The SMILES string of the molecule is CCCCC[Si]1(c2ccccc2)CCC(C2CCC(Br)CC2)CC1. The quantitative estimate of drug-likeness (QED) is 0.273. The summed E-state index contributed by atoms with van der Waals surface area (Å²) in [4.78, 5) is 0.809. The lowest BCUT2D eigenvalue weighted by atomic mass is 9.77. The van der Waals surface area contributed by atoms with E-state index in [0.717, 1.165) is 16.7 Å². The van der Waals surface area contributed by atoms with Crippen LogP contribution in [0.25, 0.3) is 0 Å². The molecule has 0 atom stereocenters. The predicted octanol–water partition coefficient (Wildman–Crippen LogP) is 6.90. The van der Waals surface area contributed by atoms with Crippen molar-refractivity contribution >= 4 is 29.2 Å². The lowest BCUT2D eigenvalue weighted by molar-refractivity contribution is 0.233. The molecule has 0 unspecified atom stereocenters. The van der Waals surface area contributed by atoms with Crippen LogP contribution in [0.3, 0.4) is 0 Å². The van der Waals surface area contributed by atoms with Gasteiger partial charge >= 0.3 is 0 Å². The van der Waals surface area contributed by atoms with Crippen molar-refractivity contribution in [2.45, 2.75) is 87.7 Å². The summed E-state index contributed by atoms with van der Waals surface area (Å²) in [5.41, 5.74) is 0. The van der Waals surface area contributed by atoms with Gasteiger partial charge in [0.25, 0.3) is 0 Å². The van der Waals surface area contributed by atoms with Crippen LogP contribution in [-0.4, -0.2) is 12.9 Å². The maximum absolute atomic E-state index is 3.83. The largest absolute Gasteiger partial charge is 0.0891 e. The van der Waals surface area contributed by atoms with Crippen LogP contribution in [0.5, 0.6) is 0 Å². The number of hydrogen-bond donors (Lipinski definition) is 0. The van der Waals surface area contributed by atoms with Gasteiger partial charge in [-0.05, 0) is 37.5 Å². The van der Waals surface area contributed by atoms with Crippen molar-refractivity contribution in [1.29, 1.82) is 0 Å². The number of alkyl halides is 1. The average Bonchev–Trinajstić information content (AvgIpc) is 2.64. The molecule has 0 amide bonds. The van der Waals surface area contributed by atoms with E-state index in [1.807, 2.05) is 0 Å². The fourth-order valence-corrected chi connectivity index (χ4v) is 11.2. The van der Waals surface area contributed by atoms with Gasteiger partial charge in [0.2, 0.25) is 0 Å². The first kappa shape index (κ1) is 18.7. The Balaban J connectivity index is 1.64. The maximum atomic E-state index is 3.83. The molecule has 2 heteroatoms. The van der Waals surface area contributed by atoms with Crippen molar-refractivity contribution in [3.63, 3.8) is 0 Å². The van der Waals surface area contributed by atoms with Gasteiger partial charge in [-0.2, -0.15) is 0 Å². The fraction of sp³-hybridized carbons (Fsp3) is 0.727. The van der Waals surface area contributed by atoms with Gasteiger partial charge in [-0.3, -0.25) is 0 Å².